The van der Waals surface area contributed by atoms with Crippen LogP contribution in [0.25, 0.3) is 5.65 Å². The molecule has 1 unspecified atom stereocenters. The second kappa shape index (κ2) is 8.50. The fraction of sp³-hybridized carbons (Fsp3) is 0.400. The largest absolute Gasteiger partial charge is 0.377 e. The van der Waals surface area contributed by atoms with Gasteiger partial charge in [0.05, 0.1) is 17.2 Å². The second-order valence-electron chi connectivity index (χ2n) is 7.59. The number of fused-ring (bicyclic) bond motifs is 1. The Kier molecular flexibility index (Phi) is 5.97. The van der Waals surface area contributed by atoms with E-state index >= 15 is 0 Å². The van der Waals surface area contributed by atoms with Crippen molar-refractivity contribution in [2.75, 3.05) is 18.5 Å². The van der Waals surface area contributed by atoms with Crippen LogP contribution in [0.1, 0.15) is 38.2 Å². The molecule has 0 amide bonds. The Labute approximate surface area is 180 Å². The lowest BCUT2D eigenvalue weighted by molar-refractivity contribution is 0.114. The van der Waals surface area contributed by atoms with Crippen molar-refractivity contribution < 1.29 is 13.2 Å². The van der Waals surface area contributed by atoms with Crippen LogP contribution < -0.4 is 10.0 Å². The maximum atomic E-state index is 12.5. The molecule has 1 fully saturated rings. The van der Waals surface area contributed by atoms with E-state index in [-0.39, 0.29) is 23.5 Å². The number of nitrogens with one attached hydrogen (secondary N) is 2. The summed E-state index contributed by atoms with van der Waals surface area (Å²) in [7, 11) is -3.59. The first-order valence-corrected chi connectivity index (χ1v) is 11.7. The van der Waals surface area contributed by atoms with Gasteiger partial charge in [-0.25, -0.2) is 18.1 Å². The number of rotatable bonds is 7. The number of nitrogens with zero attached hydrogens (tertiary/aromatic N) is 3. The van der Waals surface area contributed by atoms with Crippen LogP contribution in [0.3, 0.4) is 0 Å². The van der Waals surface area contributed by atoms with Gasteiger partial charge < -0.3 is 10.1 Å². The minimum atomic E-state index is -3.59. The number of hydrogen-bond donors (Lipinski definition) is 2. The first-order chi connectivity index (χ1) is 14.3. The molecule has 160 valence electrons. The summed E-state index contributed by atoms with van der Waals surface area (Å²) >= 11 is 6.21. The summed E-state index contributed by atoms with van der Waals surface area (Å²) in [6.07, 6.45) is 3.57. The Morgan fingerprint density at radius 1 is 1.30 bits per heavy atom. The summed E-state index contributed by atoms with van der Waals surface area (Å²) in [5.74, 6) is 0.900. The van der Waals surface area contributed by atoms with Gasteiger partial charge in [0.2, 0.25) is 10.0 Å². The van der Waals surface area contributed by atoms with Crippen LogP contribution >= 0.6 is 11.6 Å². The van der Waals surface area contributed by atoms with Gasteiger partial charge in [-0.05, 0) is 43.0 Å². The fourth-order valence-corrected chi connectivity index (χ4v) is 4.65. The van der Waals surface area contributed by atoms with Crippen LogP contribution in [0.15, 0.2) is 41.4 Å². The average molecular weight is 450 g/mol. The number of sulfonamides is 1. The molecule has 1 saturated heterocycles. The Morgan fingerprint density at radius 2 is 2.07 bits per heavy atom. The Bertz CT molecular complexity index is 1140. The maximum Gasteiger partial charge on any atom is 0.240 e. The molecular formula is C20H24ClN5O3S. The van der Waals surface area contributed by atoms with E-state index in [4.69, 9.17) is 16.3 Å². The standard InChI is InChI=1S/C20H24ClN5O3S/c1-13(2)17-12-22-26-19(10-18(21)25-20(17)26)24-14-5-7-16(8-6-14)30(27,28)23-11-15-4-3-9-29-15/h5-8,10,12-13,15,23-24H,3-4,9,11H2,1-2H3. The van der Waals surface area contributed by atoms with Gasteiger partial charge in [0.15, 0.2) is 5.65 Å². The summed E-state index contributed by atoms with van der Waals surface area (Å²) in [6, 6.07) is 8.20. The normalized spacial score (nSPS) is 17.1. The summed E-state index contributed by atoms with van der Waals surface area (Å²) in [4.78, 5) is 4.59. The number of anilines is 2. The molecule has 0 saturated carbocycles. The minimum absolute atomic E-state index is 0.0515. The highest BCUT2D eigenvalue weighted by Gasteiger charge is 2.20. The SMILES string of the molecule is CC(C)c1cnn2c(Nc3ccc(S(=O)(=O)NCC4CCCO4)cc3)cc(Cl)nc12. The van der Waals surface area contributed by atoms with Crippen molar-refractivity contribution in [1.29, 1.82) is 0 Å². The number of ether oxygens (including phenoxy) is 1. The number of benzene rings is 1. The van der Waals surface area contributed by atoms with Gasteiger partial charge in [-0.2, -0.15) is 9.61 Å². The van der Waals surface area contributed by atoms with Crippen molar-refractivity contribution in [3.05, 3.63) is 47.2 Å². The number of aromatic nitrogens is 3. The molecule has 4 rings (SSSR count). The first-order valence-electron chi connectivity index (χ1n) is 9.86. The topological polar surface area (TPSA) is 97.6 Å². The van der Waals surface area contributed by atoms with E-state index in [1.54, 1.807) is 41.0 Å². The van der Waals surface area contributed by atoms with E-state index in [0.29, 0.717) is 28.9 Å². The molecule has 1 aliphatic rings. The third-order valence-electron chi connectivity index (χ3n) is 5.05. The lowest BCUT2D eigenvalue weighted by atomic mass is 10.1. The smallest absolute Gasteiger partial charge is 0.240 e. The van der Waals surface area contributed by atoms with Crippen LogP contribution in [0.4, 0.5) is 11.5 Å². The average Bonchev–Trinajstić information content (AvgIpc) is 3.36. The molecule has 0 bridgehead atoms. The Hall–Kier alpha value is -2.20. The molecule has 0 aliphatic carbocycles. The highest BCUT2D eigenvalue weighted by Crippen LogP contribution is 2.26. The van der Waals surface area contributed by atoms with Crippen molar-refractivity contribution in [3.63, 3.8) is 0 Å². The van der Waals surface area contributed by atoms with Gasteiger partial charge in [0, 0.05) is 30.5 Å². The first kappa shape index (κ1) is 21.0. The van der Waals surface area contributed by atoms with Gasteiger partial charge in [-0.1, -0.05) is 25.4 Å². The van der Waals surface area contributed by atoms with Gasteiger partial charge in [0.25, 0.3) is 0 Å². The van der Waals surface area contributed by atoms with E-state index in [0.717, 1.165) is 18.4 Å². The molecule has 2 aromatic heterocycles. The second-order valence-corrected chi connectivity index (χ2v) is 9.74. The van der Waals surface area contributed by atoms with Gasteiger partial charge in [-0.3, -0.25) is 0 Å². The predicted molar refractivity (Wildman–Crippen MR) is 116 cm³/mol. The zero-order chi connectivity index (χ0) is 21.3. The van der Waals surface area contributed by atoms with Crippen molar-refractivity contribution >= 4 is 38.8 Å². The summed E-state index contributed by atoms with van der Waals surface area (Å²) < 4.78 is 34.8. The van der Waals surface area contributed by atoms with E-state index < -0.39 is 10.0 Å². The highest BCUT2D eigenvalue weighted by molar-refractivity contribution is 7.89. The third-order valence-corrected chi connectivity index (χ3v) is 6.68. The number of hydrogen-bond acceptors (Lipinski definition) is 6. The minimum Gasteiger partial charge on any atom is -0.377 e. The molecule has 3 heterocycles. The lowest BCUT2D eigenvalue weighted by Crippen LogP contribution is -2.31. The van der Waals surface area contributed by atoms with Crippen LogP contribution in [0.2, 0.25) is 5.15 Å². The maximum absolute atomic E-state index is 12.5. The molecule has 0 radical (unpaired) electrons. The Balaban J connectivity index is 1.52. The molecule has 2 N–H and O–H groups in total. The molecule has 10 heteroatoms. The van der Waals surface area contributed by atoms with Gasteiger partial charge >= 0.3 is 0 Å². The van der Waals surface area contributed by atoms with E-state index in [2.05, 4.69) is 34.0 Å². The molecule has 1 aliphatic heterocycles. The molecule has 1 aromatic carbocycles. The van der Waals surface area contributed by atoms with Crippen molar-refractivity contribution in [2.24, 2.45) is 0 Å². The zero-order valence-corrected chi connectivity index (χ0v) is 18.4. The molecule has 8 nitrogen and oxygen atoms in total. The lowest BCUT2D eigenvalue weighted by Gasteiger charge is -2.13. The summed E-state index contributed by atoms with van der Waals surface area (Å²) in [6.45, 7) is 5.11. The van der Waals surface area contributed by atoms with E-state index in [1.165, 1.54) is 0 Å². The monoisotopic (exact) mass is 449 g/mol. The predicted octanol–water partition coefficient (Wildman–Crippen LogP) is 3.71. The van der Waals surface area contributed by atoms with Crippen molar-refractivity contribution in [1.82, 2.24) is 19.3 Å². The van der Waals surface area contributed by atoms with Crippen molar-refractivity contribution in [3.8, 4) is 0 Å². The zero-order valence-electron chi connectivity index (χ0n) is 16.8. The molecule has 30 heavy (non-hydrogen) atoms. The Morgan fingerprint density at radius 3 is 2.73 bits per heavy atom. The van der Waals surface area contributed by atoms with E-state index in [9.17, 15) is 8.42 Å². The molecule has 1 atom stereocenters. The third kappa shape index (κ3) is 4.44. The van der Waals surface area contributed by atoms with Crippen LogP contribution in [0, 0.1) is 0 Å². The summed E-state index contributed by atoms with van der Waals surface area (Å²) in [5.41, 5.74) is 2.40. The van der Waals surface area contributed by atoms with Crippen LogP contribution in [-0.4, -0.2) is 42.3 Å². The van der Waals surface area contributed by atoms with Crippen LogP contribution in [-0.2, 0) is 14.8 Å². The molecule has 3 aromatic rings. The molecule has 0 spiro atoms. The van der Waals surface area contributed by atoms with Gasteiger partial charge in [-0.15, -0.1) is 0 Å². The van der Waals surface area contributed by atoms with Crippen LogP contribution in [0.5, 0.6) is 0 Å². The van der Waals surface area contributed by atoms with Gasteiger partial charge in [0.1, 0.15) is 11.0 Å². The van der Waals surface area contributed by atoms with E-state index in [1.807, 2.05) is 0 Å². The summed E-state index contributed by atoms with van der Waals surface area (Å²) in [5, 5.41) is 8.00. The van der Waals surface area contributed by atoms with Crippen molar-refractivity contribution in [2.45, 2.75) is 43.6 Å². The molecular weight excluding hydrogens is 426 g/mol. The fourth-order valence-electron chi connectivity index (χ4n) is 3.40. The number of halogens is 1. The highest BCUT2D eigenvalue weighted by atomic mass is 35.5. The quantitative estimate of drug-likeness (QED) is 0.533.